The van der Waals surface area contributed by atoms with Crippen molar-refractivity contribution in [3.63, 3.8) is 0 Å². The van der Waals surface area contributed by atoms with Crippen molar-refractivity contribution < 1.29 is 13.2 Å². The largest absolute Gasteiger partial charge is 0.316 e. The molecule has 0 radical (unpaired) electrons. The van der Waals surface area contributed by atoms with E-state index in [2.05, 4.69) is 4.99 Å². The number of aliphatic imine (C=N–C) groups is 1. The third kappa shape index (κ3) is 4.24. The summed E-state index contributed by atoms with van der Waals surface area (Å²) >= 11 is 1.45. The number of amidine groups is 1. The lowest BCUT2D eigenvalue weighted by atomic mass is 10.0. The van der Waals surface area contributed by atoms with Gasteiger partial charge >= 0.3 is 0 Å². The third-order valence-electron chi connectivity index (χ3n) is 5.81. The van der Waals surface area contributed by atoms with Crippen molar-refractivity contribution >= 4 is 38.4 Å². The fourth-order valence-electron chi connectivity index (χ4n) is 4.43. The molecular formula is C20H26N2O3S2. The minimum atomic E-state index is -3.03. The molecule has 2 aliphatic heterocycles. The van der Waals surface area contributed by atoms with Crippen LogP contribution in [0.15, 0.2) is 29.3 Å². The van der Waals surface area contributed by atoms with E-state index in [1.54, 1.807) is 0 Å². The maximum atomic E-state index is 12.5. The summed E-state index contributed by atoms with van der Waals surface area (Å²) in [5.41, 5.74) is 2.03. The van der Waals surface area contributed by atoms with Gasteiger partial charge in [0, 0.05) is 17.4 Å². The van der Waals surface area contributed by atoms with Crippen molar-refractivity contribution in [3.8, 4) is 0 Å². The number of benzene rings is 1. The van der Waals surface area contributed by atoms with Gasteiger partial charge in [0.25, 0.3) is 0 Å². The molecule has 1 aromatic carbocycles. The van der Waals surface area contributed by atoms with E-state index in [1.807, 2.05) is 36.1 Å². The molecule has 27 heavy (non-hydrogen) atoms. The number of carbonyl (C=O) groups is 1. The average molecular weight is 407 g/mol. The molecule has 3 aliphatic rings. The quantitative estimate of drug-likeness (QED) is 0.765. The number of rotatable bonds is 4. The van der Waals surface area contributed by atoms with Crippen molar-refractivity contribution in [2.45, 2.75) is 56.7 Å². The van der Waals surface area contributed by atoms with Crippen molar-refractivity contribution in [2.75, 3.05) is 16.4 Å². The summed E-state index contributed by atoms with van der Waals surface area (Å²) in [7, 11) is -3.03. The Balaban J connectivity index is 1.55. The van der Waals surface area contributed by atoms with Crippen LogP contribution in [0.5, 0.6) is 0 Å². The monoisotopic (exact) mass is 406 g/mol. The first kappa shape index (κ1) is 19.0. The second-order valence-electron chi connectivity index (χ2n) is 7.99. The molecule has 7 heteroatoms. The molecule has 2 saturated heterocycles. The van der Waals surface area contributed by atoms with Gasteiger partial charge in [0.2, 0.25) is 5.91 Å². The third-order valence-corrected chi connectivity index (χ3v) is 9.02. The molecule has 4 rings (SSSR count). The number of aryl methyl sites for hydroxylation is 1. The van der Waals surface area contributed by atoms with Gasteiger partial charge < -0.3 is 4.90 Å². The summed E-state index contributed by atoms with van der Waals surface area (Å²) in [6.45, 7) is 2.01. The number of nitrogens with zero attached hydrogens (tertiary/aromatic N) is 2. The Morgan fingerprint density at radius 3 is 2.78 bits per heavy atom. The maximum Gasteiger partial charge on any atom is 0.248 e. The van der Waals surface area contributed by atoms with Crippen molar-refractivity contribution in [1.82, 2.24) is 0 Å². The van der Waals surface area contributed by atoms with E-state index < -0.39 is 9.84 Å². The van der Waals surface area contributed by atoms with Gasteiger partial charge in [-0.05, 0) is 37.0 Å². The second-order valence-corrected chi connectivity index (χ2v) is 11.3. The maximum absolute atomic E-state index is 12.5. The first-order valence-electron chi connectivity index (χ1n) is 9.76. The van der Waals surface area contributed by atoms with E-state index in [9.17, 15) is 13.2 Å². The number of carbonyl (C=O) groups excluding carboxylic acids is 1. The summed E-state index contributed by atoms with van der Waals surface area (Å²) in [5, 5.41) is 0.624. The lowest BCUT2D eigenvalue weighted by Crippen LogP contribution is -2.37. The number of fused-ring (bicyclic) bond motifs is 1. The zero-order chi connectivity index (χ0) is 19.0. The van der Waals surface area contributed by atoms with Gasteiger partial charge in [-0.3, -0.25) is 4.79 Å². The molecule has 0 bridgehead atoms. The Morgan fingerprint density at radius 1 is 1.26 bits per heavy atom. The van der Waals surface area contributed by atoms with Crippen LogP contribution in [0.2, 0.25) is 0 Å². The Bertz CT molecular complexity index is 860. The van der Waals surface area contributed by atoms with Gasteiger partial charge in [-0.2, -0.15) is 4.99 Å². The molecule has 2 atom stereocenters. The van der Waals surface area contributed by atoms with Crippen LogP contribution in [0.4, 0.5) is 5.69 Å². The topological polar surface area (TPSA) is 66.8 Å². The molecule has 0 N–H and O–H groups in total. The van der Waals surface area contributed by atoms with Crippen LogP contribution >= 0.6 is 11.8 Å². The molecule has 2 unspecified atom stereocenters. The van der Waals surface area contributed by atoms with Gasteiger partial charge in [-0.25, -0.2) is 8.42 Å². The van der Waals surface area contributed by atoms with Crippen LogP contribution in [0, 0.1) is 12.8 Å². The molecule has 146 valence electrons. The fraction of sp³-hybridized carbons (Fsp3) is 0.600. The highest BCUT2D eigenvalue weighted by atomic mass is 32.2. The lowest BCUT2D eigenvalue weighted by molar-refractivity contribution is -0.118. The van der Waals surface area contributed by atoms with Crippen LogP contribution in [0.3, 0.4) is 0 Å². The highest BCUT2D eigenvalue weighted by Gasteiger charge is 2.49. The van der Waals surface area contributed by atoms with E-state index in [4.69, 9.17) is 0 Å². The van der Waals surface area contributed by atoms with Crippen LogP contribution in [-0.4, -0.2) is 42.3 Å². The van der Waals surface area contributed by atoms with Gasteiger partial charge in [-0.15, -0.1) is 0 Å². The first-order valence-corrected chi connectivity index (χ1v) is 12.5. The summed E-state index contributed by atoms with van der Waals surface area (Å²) in [6, 6.07) is 7.85. The molecular weight excluding hydrogens is 380 g/mol. The summed E-state index contributed by atoms with van der Waals surface area (Å²) in [5.74, 6) is 0.890. The summed E-state index contributed by atoms with van der Waals surface area (Å²) in [6.07, 6.45) is 6.44. The van der Waals surface area contributed by atoms with Gasteiger partial charge in [0.05, 0.1) is 17.5 Å². The number of amides is 1. The SMILES string of the molecule is Cc1cccc(N2C(=NC(=O)CCC3CCCC3)SC3CS(=O)(=O)CC32)c1. The standard InChI is InChI=1S/C20H26N2O3S2/c1-14-5-4-8-16(11-14)22-17-12-27(24,25)13-18(17)26-20(22)21-19(23)10-9-15-6-2-3-7-15/h4-5,8,11,15,17-18H,2-3,6-7,9-10,12-13H2,1H3. The number of anilines is 1. The minimum Gasteiger partial charge on any atom is -0.316 e. The Kier molecular flexibility index (Phi) is 5.34. The molecule has 1 saturated carbocycles. The smallest absolute Gasteiger partial charge is 0.248 e. The average Bonchev–Trinajstić information content (AvgIpc) is 3.27. The zero-order valence-corrected chi connectivity index (χ0v) is 17.3. The molecule has 1 aliphatic carbocycles. The fourth-order valence-corrected chi connectivity index (χ4v) is 8.36. The van der Waals surface area contributed by atoms with E-state index in [0.717, 1.165) is 17.7 Å². The Labute approximate surface area is 165 Å². The van der Waals surface area contributed by atoms with Gasteiger partial charge in [0.15, 0.2) is 15.0 Å². The van der Waals surface area contributed by atoms with Crippen molar-refractivity contribution in [2.24, 2.45) is 10.9 Å². The zero-order valence-electron chi connectivity index (χ0n) is 15.6. The molecule has 0 aromatic heterocycles. The number of hydrogen-bond acceptors (Lipinski definition) is 4. The van der Waals surface area contributed by atoms with Crippen molar-refractivity contribution in [3.05, 3.63) is 29.8 Å². The van der Waals surface area contributed by atoms with Crippen LogP contribution in [-0.2, 0) is 14.6 Å². The van der Waals surface area contributed by atoms with Crippen LogP contribution < -0.4 is 4.90 Å². The summed E-state index contributed by atoms with van der Waals surface area (Å²) < 4.78 is 24.2. The minimum absolute atomic E-state index is 0.0445. The molecule has 2 heterocycles. The lowest BCUT2D eigenvalue weighted by Gasteiger charge is -2.24. The van der Waals surface area contributed by atoms with Crippen LogP contribution in [0.25, 0.3) is 0 Å². The Morgan fingerprint density at radius 2 is 2.04 bits per heavy atom. The molecule has 1 aromatic rings. The normalized spacial score (nSPS) is 28.8. The van der Waals surface area contributed by atoms with Gasteiger partial charge in [-0.1, -0.05) is 49.6 Å². The number of hydrogen-bond donors (Lipinski definition) is 0. The Hall–Kier alpha value is -1.34. The predicted molar refractivity (Wildman–Crippen MR) is 111 cm³/mol. The van der Waals surface area contributed by atoms with E-state index in [1.165, 1.54) is 37.4 Å². The number of sulfone groups is 1. The van der Waals surface area contributed by atoms with E-state index in [0.29, 0.717) is 17.5 Å². The molecule has 5 nitrogen and oxygen atoms in total. The molecule has 1 amide bonds. The van der Waals surface area contributed by atoms with E-state index >= 15 is 0 Å². The predicted octanol–water partition coefficient (Wildman–Crippen LogP) is 3.57. The van der Waals surface area contributed by atoms with Crippen LogP contribution in [0.1, 0.15) is 44.1 Å². The molecule has 3 fully saturated rings. The highest BCUT2D eigenvalue weighted by Crippen LogP contribution is 2.41. The number of thioether (sulfide) groups is 1. The summed E-state index contributed by atoms with van der Waals surface area (Å²) in [4.78, 5) is 18.9. The van der Waals surface area contributed by atoms with E-state index in [-0.39, 0.29) is 28.7 Å². The highest BCUT2D eigenvalue weighted by molar-refractivity contribution is 8.16. The van der Waals surface area contributed by atoms with Crippen molar-refractivity contribution in [1.29, 1.82) is 0 Å². The first-order chi connectivity index (χ1) is 12.9. The molecule has 0 spiro atoms. The van der Waals surface area contributed by atoms with Gasteiger partial charge in [0.1, 0.15) is 0 Å². The second kappa shape index (κ2) is 7.59.